The standard InChI is InChI=1S/C27H21NO3/c29-26-24-18-10-11-19(16-18)25(24)27(30)28(26)20-12-14-21(15-13-20)31-23-9-5-4-8-22(23)17-6-2-1-3-7-17/h1-15,18-19,24-25H,16H2/t18-,19-,24-,25+/m1/s1. The number of rotatable bonds is 4. The van der Waals surface area contributed by atoms with Gasteiger partial charge in [-0.25, -0.2) is 0 Å². The molecule has 152 valence electrons. The molecule has 3 aromatic rings. The summed E-state index contributed by atoms with van der Waals surface area (Å²) < 4.78 is 6.16. The molecule has 4 nitrogen and oxygen atoms in total. The van der Waals surface area contributed by atoms with Crippen molar-refractivity contribution < 1.29 is 14.3 Å². The van der Waals surface area contributed by atoms with E-state index in [1.54, 1.807) is 12.1 Å². The van der Waals surface area contributed by atoms with Gasteiger partial charge in [0.1, 0.15) is 11.5 Å². The Bertz CT molecular complexity index is 1170. The highest BCUT2D eigenvalue weighted by atomic mass is 16.5. The molecule has 1 saturated heterocycles. The minimum atomic E-state index is -0.184. The Morgan fingerprint density at radius 2 is 1.32 bits per heavy atom. The average molecular weight is 407 g/mol. The Labute approximate surface area is 180 Å². The van der Waals surface area contributed by atoms with Crippen molar-refractivity contribution >= 4 is 17.5 Å². The number of carbonyl (C=O) groups is 2. The van der Waals surface area contributed by atoms with Crippen LogP contribution in [0.3, 0.4) is 0 Å². The number of hydrogen-bond donors (Lipinski definition) is 0. The maximum Gasteiger partial charge on any atom is 0.238 e. The van der Waals surface area contributed by atoms with Gasteiger partial charge in [0.05, 0.1) is 17.5 Å². The Morgan fingerprint density at radius 3 is 2.00 bits per heavy atom. The zero-order chi connectivity index (χ0) is 20.9. The maximum atomic E-state index is 13.0. The first-order valence-corrected chi connectivity index (χ1v) is 10.7. The summed E-state index contributed by atoms with van der Waals surface area (Å²) in [6.07, 6.45) is 5.16. The normalized spacial score (nSPS) is 25.9. The van der Waals surface area contributed by atoms with Gasteiger partial charge in [0, 0.05) is 5.56 Å². The molecule has 2 fully saturated rings. The molecule has 2 bridgehead atoms. The zero-order valence-electron chi connectivity index (χ0n) is 16.8. The van der Waals surface area contributed by atoms with E-state index in [9.17, 15) is 9.59 Å². The lowest BCUT2D eigenvalue weighted by molar-refractivity contribution is -0.123. The van der Waals surface area contributed by atoms with Gasteiger partial charge >= 0.3 is 0 Å². The van der Waals surface area contributed by atoms with Crippen LogP contribution in [0.1, 0.15) is 6.42 Å². The summed E-state index contributed by atoms with van der Waals surface area (Å²) in [7, 11) is 0. The summed E-state index contributed by atoms with van der Waals surface area (Å²) in [6, 6.07) is 25.2. The van der Waals surface area contributed by atoms with Crippen LogP contribution in [0.4, 0.5) is 5.69 Å². The van der Waals surface area contributed by atoms with Crippen LogP contribution in [0.15, 0.2) is 91.0 Å². The van der Waals surface area contributed by atoms with Crippen LogP contribution in [0.5, 0.6) is 11.5 Å². The van der Waals surface area contributed by atoms with Gasteiger partial charge in [0.15, 0.2) is 0 Å². The molecule has 0 spiro atoms. The molecule has 1 heterocycles. The van der Waals surface area contributed by atoms with Gasteiger partial charge in [0.25, 0.3) is 0 Å². The Hall–Kier alpha value is -3.66. The van der Waals surface area contributed by atoms with Gasteiger partial charge in [0.2, 0.25) is 11.8 Å². The second kappa shape index (κ2) is 6.95. The van der Waals surface area contributed by atoms with E-state index in [1.165, 1.54) is 4.90 Å². The summed E-state index contributed by atoms with van der Waals surface area (Å²) in [4.78, 5) is 27.4. The minimum absolute atomic E-state index is 0.0602. The lowest BCUT2D eigenvalue weighted by Crippen LogP contribution is -2.32. The first kappa shape index (κ1) is 18.1. The number of hydrogen-bond acceptors (Lipinski definition) is 3. The Morgan fingerprint density at radius 1 is 0.710 bits per heavy atom. The van der Waals surface area contributed by atoms with Gasteiger partial charge in [-0.3, -0.25) is 14.5 Å². The third-order valence-corrected chi connectivity index (χ3v) is 6.76. The molecule has 6 rings (SSSR count). The van der Waals surface area contributed by atoms with E-state index >= 15 is 0 Å². The van der Waals surface area contributed by atoms with E-state index in [1.807, 2.05) is 54.6 Å². The summed E-state index contributed by atoms with van der Waals surface area (Å²) in [5, 5.41) is 0. The van der Waals surface area contributed by atoms with Gasteiger partial charge in [-0.15, -0.1) is 0 Å². The van der Waals surface area contributed by atoms with Crippen LogP contribution >= 0.6 is 0 Å². The molecule has 1 aliphatic heterocycles. The molecule has 4 atom stereocenters. The predicted octanol–water partition coefficient (Wildman–Crippen LogP) is 5.46. The molecular weight excluding hydrogens is 386 g/mol. The van der Waals surface area contributed by atoms with E-state index < -0.39 is 0 Å². The topological polar surface area (TPSA) is 46.6 Å². The van der Waals surface area contributed by atoms with Crippen LogP contribution in [0.2, 0.25) is 0 Å². The van der Waals surface area contributed by atoms with E-state index in [-0.39, 0.29) is 35.5 Å². The lowest BCUT2D eigenvalue weighted by Gasteiger charge is -2.18. The van der Waals surface area contributed by atoms with Crippen molar-refractivity contribution in [1.29, 1.82) is 0 Å². The van der Waals surface area contributed by atoms with Crippen molar-refractivity contribution in [3.8, 4) is 22.6 Å². The molecule has 3 aliphatic rings. The average Bonchev–Trinajstić information content (AvgIpc) is 3.49. The minimum Gasteiger partial charge on any atom is -0.457 e. The number of allylic oxidation sites excluding steroid dienone is 2. The number of benzene rings is 3. The van der Waals surface area contributed by atoms with Crippen molar-refractivity contribution in [2.75, 3.05) is 4.90 Å². The van der Waals surface area contributed by atoms with Gasteiger partial charge < -0.3 is 4.74 Å². The molecule has 4 heteroatoms. The van der Waals surface area contributed by atoms with Gasteiger partial charge in [-0.2, -0.15) is 0 Å². The van der Waals surface area contributed by atoms with Crippen molar-refractivity contribution in [3.63, 3.8) is 0 Å². The molecule has 2 amide bonds. The highest BCUT2D eigenvalue weighted by molar-refractivity contribution is 6.22. The largest absolute Gasteiger partial charge is 0.457 e. The van der Waals surface area contributed by atoms with Crippen LogP contribution in [0.25, 0.3) is 11.1 Å². The summed E-state index contributed by atoms with van der Waals surface area (Å²) in [5.74, 6) is 1.36. The third kappa shape index (κ3) is 2.82. The second-order valence-corrected chi connectivity index (χ2v) is 8.47. The molecule has 3 aromatic carbocycles. The van der Waals surface area contributed by atoms with Gasteiger partial charge in [-0.05, 0) is 54.2 Å². The molecule has 2 aliphatic carbocycles. The molecule has 0 radical (unpaired) electrons. The van der Waals surface area contributed by atoms with Crippen molar-refractivity contribution in [2.24, 2.45) is 23.7 Å². The fourth-order valence-corrected chi connectivity index (χ4v) is 5.36. The zero-order valence-corrected chi connectivity index (χ0v) is 16.8. The molecule has 1 saturated carbocycles. The highest BCUT2D eigenvalue weighted by Gasteiger charge is 2.59. The third-order valence-electron chi connectivity index (χ3n) is 6.76. The fourth-order valence-electron chi connectivity index (χ4n) is 5.36. The monoisotopic (exact) mass is 407 g/mol. The van der Waals surface area contributed by atoms with Crippen LogP contribution < -0.4 is 9.64 Å². The number of fused-ring (bicyclic) bond motifs is 5. The molecule has 31 heavy (non-hydrogen) atoms. The number of anilines is 1. The molecule has 0 N–H and O–H groups in total. The number of ether oxygens (including phenoxy) is 1. The maximum absolute atomic E-state index is 13.0. The number of carbonyl (C=O) groups excluding carboxylic acids is 2. The Kier molecular flexibility index (Phi) is 4.06. The van der Waals surface area contributed by atoms with Crippen LogP contribution in [0, 0.1) is 23.7 Å². The first-order chi connectivity index (χ1) is 15.2. The van der Waals surface area contributed by atoms with E-state index in [0.29, 0.717) is 11.4 Å². The summed E-state index contributed by atoms with van der Waals surface area (Å²) >= 11 is 0. The Balaban J connectivity index is 1.25. The molecular formula is C27H21NO3. The quantitative estimate of drug-likeness (QED) is 0.426. The fraction of sp³-hybridized carbons (Fsp3) is 0.185. The lowest BCUT2D eigenvalue weighted by atomic mass is 9.85. The predicted molar refractivity (Wildman–Crippen MR) is 119 cm³/mol. The van der Waals surface area contributed by atoms with E-state index in [4.69, 9.17) is 4.74 Å². The number of amides is 2. The SMILES string of the molecule is O=C1[C@@H]2[C@H](C(=O)N1c1ccc(Oc3ccccc3-c3ccccc3)cc1)[C@@H]1C=C[C@@H]2C1. The number of para-hydroxylation sites is 1. The van der Waals surface area contributed by atoms with E-state index in [2.05, 4.69) is 24.3 Å². The summed E-state index contributed by atoms with van der Waals surface area (Å²) in [5.41, 5.74) is 2.71. The smallest absolute Gasteiger partial charge is 0.238 e. The number of imide groups is 1. The van der Waals surface area contributed by atoms with Crippen molar-refractivity contribution in [2.45, 2.75) is 6.42 Å². The van der Waals surface area contributed by atoms with Crippen molar-refractivity contribution in [3.05, 3.63) is 91.0 Å². The van der Waals surface area contributed by atoms with Crippen molar-refractivity contribution in [1.82, 2.24) is 0 Å². The second-order valence-electron chi connectivity index (χ2n) is 8.47. The van der Waals surface area contributed by atoms with Crippen LogP contribution in [-0.2, 0) is 9.59 Å². The molecule has 0 unspecified atom stereocenters. The highest BCUT2D eigenvalue weighted by Crippen LogP contribution is 2.53. The number of nitrogens with zero attached hydrogens (tertiary/aromatic N) is 1. The first-order valence-electron chi connectivity index (χ1n) is 10.7. The summed E-state index contributed by atoms with van der Waals surface area (Å²) in [6.45, 7) is 0. The van der Waals surface area contributed by atoms with E-state index in [0.717, 1.165) is 23.3 Å². The molecule has 0 aromatic heterocycles. The van der Waals surface area contributed by atoms with Gasteiger partial charge in [-0.1, -0.05) is 60.7 Å². The van der Waals surface area contributed by atoms with Crippen LogP contribution in [-0.4, -0.2) is 11.8 Å².